The van der Waals surface area contributed by atoms with Crippen molar-refractivity contribution in [1.82, 2.24) is 10.6 Å². The van der Waals surface area contributed by atoms with Crippen molar-refractivity contribution >= 4 is 18.0 Å². The summed E-state index contributed by atoms with van der Waals surface area (Å²) < 4.78 is 10.9. The van der Waals surface area contributed by atoms with Crippen LogP contribution in [0.4, 0.5) is 4.79 Å². The van der Waals surface area contributed by atoms with Crippen molar-refractivity contribution in [3.63, 3.8) is 0 Å². The molecule has 2 amide bonds. The van der Waals surface area contributed by atoms with Gasteiger partial charge in [-0.15, -0.1) is 0 Å². The Balaban J connectivity index is 1.61. The monoisotopic (exact) mass is 466 g/mol. The van der Waals surface area contributed by atoms with Gasteiger partial charge in [0.15, 0.2) is 0 Å². The fraction of sp³-hybridized carbons (Fsp3) is 0.444. The summed E-state index contributed by atoms with van der Waals surface area (Å²) in [7, 11) is 0. The summed E-state index contributed by atoms with van der Waals surface area (Å²) in [6.45, 7) is 10.6. The number of fused-ring (bicyclic) bond motifs is 3. The molecule has 2 aromatic rings. The highest BCUT2D eigenvalue weighted by Crippen LogP contribution is 2.44. The first kappa shape index (κ1) is 25.3. The minimum absolute atomic E-state index is 0.0725. The second-order valence-corrected chi connectivity index (χ2v) is 9.96. The molecule has 0 heterocycles. The Morgan fingerprint density at radius 2 is 1.41 bits per heavy atom. The van der Waals surface area contributed by atoms with Gasteiger partial charge in [-0.25, -0.2) is 9.59 Å². The van der Waals surface area contributed by atoms with Gasteiger partial charge in [-0.2, -0.15) is 0 Å². The Bertz CT molecular complexity index is 1010. The van der Waals surface area contributed by atoms with E-state index in [9.17, 15) is 14.4 Å². The number of rotatable bonds is 7. The molecule has 0 aliphatic heterocycles. The summed E-state index contributed by atoms with van der Waals surface area (Å²) in [5.41, 5.74) is 3.85. The average molecular weight is 467 g/mol. The molecule has 0 bridgehead atoms. The third-order valence-corrected chi connectivity index (χ3v) is 5.69. The molecule has 1 aliphatic rings. The minimum atomic E-state index is -0.861. The molecule has 0 saturated heterocycles. The van der Waals surface area contributed by atoms with Crippen molar-refractivity contribution in [3.8, 4) is 11.1 Å². The molecule has 2 atom stereocenters. The number of esters is 1. The smallest absolute Gasteiger partial charge is 0.407 e. The topological polar surface area (TPSA) is 93.7 Å². The maximum Gasteiger partial charge on any atom is 0.407 e. The zero-order chi connectivity index (χ0) is 25.0. The molecule has 3 rings (SSSR count). The molecule has 1 aliphatic carbocycles. The molecule has 0 radical (unpaired) electrons. The Kier molecular flexibility index (Phi) is 7.64. The fourth-order valence-electron chi connectivity index (χ4n) is 4.05. The number of benzene rings is 2. The molecule has 7 nitrogen and oxygen atoms in total. The van der Waals surface area contributed by atoms with Crippen LogP contribution in [-0.2, 0) is 19.1 Å². The number of amides is 2. The van der Waals surface area contributed by atoms with E-state index in [-0.39, 0.29) is 18.4 Å². The van der Waals surface area contributed by atoms with Gasteiger partial charge >= 0.3 is 12.1 Å². The van der Waals surface area contributed by atoms with Gasteiger partial charge in [0.1, 0.15) is 24.3 Å². The Morgan fingerprint density at radius 3 is 1.91 bits per heavy atom. The van der Waals surface area contributed by atoms with Gasteiger partial charge in [0.2, 0.25) is 5.91 Å². The molecule has 2 aromatic carbocycles. The van der Waals surface area contributed by atoms with E-state index in [0.717, 1.165) is 22.3 Å². The van der Waals surface area contributed by atoms with Crippen LogP contribution in [-0.4, -0.2) is 42.3 Å². The highest BCUT2D eigenvalue weighted by molar-refractivity contribution is 5.89. The lowest BCUT2D eigenvalue weighted by atomic mass is 9.98. The van der Waals surface area contributed by atoms with E-state index >= 15 is 0 Å². The van der Waals surface area contributed by atoms with E-state index in [1.54, 1.807) is 27.7 Å². The molecule has 0 aromatic heterocycles. The second-order valence-electron chi connectivity index (χ2n) is 9.96. The normalized spacial score (nSPS) is 14.6. The Morgan fingerprint density at radius 1 is 0.882 bits per heavy atom. The van der Waals surface area contributed by atoms with Crippen LogP contribution in [0.2, 0.25) is 0 Å². The first-order chi connectivity index (χ1) is 16.0. The van der Waals surface area contributed by atoms with E-state index in [1.165, 1.54) is 0 Å². The van der Waals surface area contributed by atoms with Crippen molar-refractivity contribution in [2.45, 2.75) is 65.1 Å². The first-order valence-corrected chi connectivity index (χ1v) is 11.6. The molecular weight excluding hydrogens is 432 g/mol. The molecule has 7 heteroatoms. The summed E-state index contributed by atoms with van der Waals surface area (Å²) in [6.07, 6.45) is -0.680. The molecule has 0 fully saturated rings. The maximum absolute atomic E-state index is 12.8. The third kappa shape index (κ3) is 5.95. The number of alkyl carbamates (subject to hydrolysis) is 1. The molecule has 2 N–H and O–H groups in total. The predicted molar refractivity (Wildman–Crippen MR) is 130 cm³/mol. The number of carbonyl (C=O) groups is 3. The minimum Gasteiger partial charge on any atom is -0.458 e. The first-order valence-electron chi connectivity index (χ1n) is 11.6. The number of nitrogens with one attached hydrogen (secondary N) is 2. The van der Waals surface area contributed by atoms with Gasteiger partial charge in [0.25, 0.3) is 0 Å². The van der Waals surface area contributed by atoms with Crippen molar-refractivity contribution < 1.29 is 23.9 Å². The van der Waals surface area contributed by atoms with E-state index in [4.69, 9.17) is 9.47 Å². The van der Waals surface area contributed by atoms with Crippen molar-refractivity contribution in [2.24, 2.45) is 5.92 Å². The average Bonchev–Trinajstić information content (AvgIpc) is 3.08. The van der Waals surface area contributed by atoms with Crippen LogP contribution in [0.3, 0.4) is 0 Å². The number of carbonyl (C=O) groups excluding carboxylic acids is 3. The summed E-state index contributed by atoms with van der Waals surface area (Å²) in [5, 5.41) is 5.28. The summed E-state index contributed by atoms with van der Waals surface area (Å²) in [4.78, 5) is 37.7. The summed E-state index contributed by atoms with van der Waals surface area (Å²) >= 11 is 0. The van der Waals surface area contributed by atoms with Gasteiger partial charge in [0, 0.05) is 5.92 Å². The number of hydrogen-bond acceptors (Lipinski definition) is 5. The standard InChI is InChI=1S/C27H34N2O5/c1-16(2)23(24(30)28-17(3)25(31)34-27(4,5)6)29-26(32)33-15-22-20-13-9-7-11-18(20)19-12-8-10-14-21(19)22/h7-14,16-17,22-23H,15H2,1-6H3,(H,28,30)(H,29,32)/t17-,23-/m0/s1. The van der Waals surface area contributed by atoms with Crippen LogP contribution < -0.4 is 10.6 Å². The van der Waals surface area contributed by atoms with Gasteiger partial charge in [0.05, 0.1) is 0 Å². The molecule has 182 valence electrons. The van der Waals surface area contributed by atoms with Crippen molar-refractivity contribution in [3.05, 3.63) is 59.7 Å². The Hall–Kier alpha value is -3.35. The second kappa shape index (κ2) is 10.3. The molecule has 0 unspecified atom stereocenters. The summed E-state index contributed by atoms with van der Waals surface area (Å²) in [6, 6.07) is 14.5. The molecular formula is C27H34N2O5. The van der Waals surface area contributed by atoms with Gasteiger partial charge in [-0.1, -0.05) is 62.4 Å². The number of hydrogen-bond donors (Lipinski definition) is 2. The predicted octanol–water partition coefficient (Wildman–Crippen LogP) is 4.40. The molecule has 34 heavy (non-hydrogen) atoms. The van der Waals surface area contributed by atoms with Crippen LogP contribution in [0.15, 0.2) is 48.5 Å². The molecule has 0 saturated carbocycles. The lowest BCUT2D eigenvalue weighted by Gasteiger charge is -2.26. The lowest BCUT2D eigenvalue weighted by Crippen LogP contribution is -2.53. The summed E-state index contributed by atoms with van der Waals surface area (Å²) in [5.74, 6) is -1.30. The van der Waals surface area contributed by atoms with Crippen LogP contribution in [0.1, 0.15) is 58.6 Å². The van der Waals surface area contributed by atoms with E-state index in [0.29, 0.717) is 0 Å². The van der Waals surface area contributed by atoms with E-state index in [1.807, 2.05) is 50.2 Å². The quantitative estimate of drug-likeness (QED) is 0.590. The fourth-order valence-corrected chi connectivity index (χ4v) is 4.05. The largest absolute Gasteiger partial charge is 0.458 e. The zero-order valence-electron chi connectivity index (χ0n) is 20.7. The van der Waals surface area contributed by atoms with Gasteiger partial charge in [-0.3, -0.25) is 4.79 Å². The van der Waals surface area contributed by atoms with Crippen LogP contribution >= 0.6 is 0 Å². The van der Waals surface area contributed by atoms with Gasteiger partial charge in [-0.05, 0) is 55.9 Å². The third-order valence-electron chi connectivity index (χ3n) is 5.69. The van der Waals surface area contributed by atoms with Crippen LogP contribution in [0.5, 0.6) is 0 Å². The lowest BCUT2D eigenvalue weighted by molar-refractivity contribution is -0.158. The van der Waals surface area contributed by atoms with E-state index < -0.39 is 35.7 Å². The highest BCUT2D eigenvalue weighted by atomic mass is 16.6. The Labute approximate surface area is 201 Å². The highest BCUT2D eigenvalue weighted by Gasteiger charge is 2.31. The SMILES string of the molecule is CC(C)[C@H](NC(=O)OCC1c2ccccc2-c2ccccc21)C(=O)N[C@@H](C)C(=O)OC(C)(C)C. The van der Waals surface area contributed by atoms with E-state index in [2.05, 4.69) is 22.8 Å². The maximum atomic E-state index is 12.8. The van der Waals surface area contributed by atoms with Crippen molar-refractivity contribution in [2.75, 3.05) is 6.61 Å². The van der Waals surface area contributed by atoms with Gasteiger partial charge < -0.3 is 20.1 Å². The zero-order valence-corrected chi connectivity index (χ0v) is 20.7. The van der Waals surface area contributed by atoms with Crippen molar-refractivity contribution in [1.29, 1.82) is 0 Å². The number of ether oxygens (including phenoxy) is 2. The molecule has 0 spiro atoms. The van der Waals surface area contributed by atoms with Crippen LogP contribution in [0.25, 0.3) is 11.1 Å². The van der Waals surface area contributed by atoms with Crippen LogP contribution in [0, 0.1) is 5.92 Å².